The molecule has 0 radical (unpaired) electrons. The van der Waals surface area contributed by atoms with Crippen LogP contribution in [0.25, 0.3) is 0 Å². The summed E-state index contributed by atoms with van der Waals surface area (Å²) in [6, 6.07) is 12.3. The van der Waals surface area contributed by atoms with Crippen LogP contribution >= 0.6 is 0 Å². The Kier molecular flexibility index (Phi) is 6.36. The van der Waals surface area contributed by atoms with E-state index < -0.39 is 0 Å². The van der Waals surface area contributed by atoms with E-state index in [0.717, 1.165) is 50.5 Å². The van der Waals surface area contributed by atoms with Gasteiger partial charge in [0.15, 0.2) is 5.75 Å². The molecule has 1 aromatic carbocycles. The lowest BCUT2D eigenvalue weighted by Crippen LogP contribution is -2.29. The molecule has 0 bridgehead atoms. The van der Waals surface area contributed by atoms with Gasteiger partial charge in [-0.25, -0.2) is 0 Å². The number of aromatic nitrogens is 1. The van der Waals surface area contributed by atoms with Crippen molar-refractivity contribution >= 4 is 0 Å². The van der Waals surface area contributed by atoms with Crippen LogP contribution in [0.5, 0.6) is 5.75 Å². The lowest BCUT2D eigenvalue weighted by Gasteiger charge is -2.25. The first-order valence-electron chi connectivity index (χ1n) is 11.0. The molecule has 2 aromatic rings. The van der Waals surface area contributed by atoms with Gasteiger partial charge in [0, 0.05) is 38.4 Å². The van der Waals surface area contributed by atoms with Crippen molar-refractivity contribution in [1.82, 2.24) is 14.4 Å². The lowest BCUT2D eigenvalue weighted by atomic mass is 9.99. The Hall–Kier alpha value is -2.11. The van der Waals surface area contributed by atoms with E-state index in [4.69, 9.17) is 0 Å². The van der Waals surface area contributed by atoms with Crippen LogP contribution in [0.2, 0.25) is 0 Å². The highest BCUT2D eigenvalue weighted by Crippen LogP contribution is 2.29. The summed E-state index contributed by atoms with van der Waals surface area (Å²) in [5.74, 6) is 0.436. The maximum absolute atomic E-state index is 12.5. The second-order valence-corrected chi connectivity index (χ2v) is 8.68. The van der Waals surface area contributed by atoms with Gasteiger partial charge in [0.25, 0.3) is 0 Å². The largest absolute Gasteiger partial charge is 0.503 e. The minimum Gasteiger partial charge on any atom is -0.503 e. The van der Waals surface area contributed by atoms with Gasteiger partial charge in [-0.05, 0) is 50.4 Å². The fourth-order valence-corrected chi connectivity index (χ4v) is 4.83. The van der Waals surface area contributed by atoms with Crippen molar-refractivity contribution in [2.75, 3.05) is 26.2 Å². The molecule has 0 aliphatic carbocycles. The topological polar surface area (TPSA) is 48.7 Å². The predicted molar refractivity (Wildman–Crippen MR) is 116 cm³/mol. The summed E-state index contributed by atoms with van der Waals surface area (Å²) in [6.45, 7) is 5.54. The average molecular weight is 396 g/mol. The van der Waals surface area contributed by atoms with Gasteiger partial charge in [-0.15, -0.1) is 0 Å². The molecule has 29 heavy (non-hydrogen) atoms. The quantitative estimate of drug-likeness (QED) is 0.842. The number of hydrogen-bond acceptors (Lipinski definition) is 4. The van der Waals surface area contributed by atoms with Gasteiger partial charge in [-0.1, -0.05) is 43.2 Å². The third-order valence-corrected chi connectivity index (χ3v) is 6.64. The first-order chi connectivity index (χ1) is 14.1. The molecule has 2 fully saturated rings. The van der Waals surface area contributed by atoms with Crippen molar-refractivity contribution in [2.45, 2.75) is 51.1 Å². The zero-order valence-corrected chi connectivity index (χ0v) is 17.5. The number of benzene rings is 1. The van der Waals surface area contributed by atoms with Gasteiger partial charge in [0.05, 0.1) is 5.69 Å². The number of aromatic hydroxyl groups is 1. The number of nitrogens with zero attached hydrogens (tertiary/aromatic N) is 3. The van der Waals surface area contributed by atoms with E-state index in [9.17, 15) is 9.90 Å². The fraction of sp³-hybridized carbons (Fsp3) is 0.542. The maximum Gasteiger partial charge on any atom is 0.223 e. The van der Waals surface area contributed by atoms with Crippen molar-refractivity contribution in [3.05, 3.63) is 63.6 Å². The Morgan fingerprint density at radius 2 is 1.69 bits per heavy atom. The zero-order valence-electron chi connectivity index (χ0n) is 17.5. The van der Waals surface area contributed by atoms with Crippen molar-refractivity contribution in [3.63, 3.8) is 0 Å². The molecule has 1 N–H and O–H groups in total. The number of pyridine rings is 1. The van der Waals surface area contributed by atoms with E-state index in [0.29, 0.717) is 12.5 Å². The van der Waals surface area contributed by atoms with E-state index in [-0.39, 0.29) is 11.2 Å². The van der Waals surface area contributed by atoms with Crippen molar-refractivity contribution in [2.24, 2.45) is 7.05 Å². The van der Waals surface area contributed by atoms with Crippen molar-refractivity contribution in [1.29, 1.82) is 0 Å². The molecule has 0 saturated carbocycles. The first-order valence-corrected chi connectivity index (χ1v) is 11.0. The zero-order chi connectivity index (χ0) is 20.2. The molecule has 3 heterocycles. The van der Waals surface area contributed by atoms with Crippen LogP contribution in [-0.2, 0) is 20.1 Å². The van der Waals surface area contributed by atoms with Crippen molar-refractivity contribution in [3.8, 4) is 5.75 Å². The molecular formula is C24H33N3O2. The van der Waals surface area contributed by atoms with E-state index >= 15 is 0 Å². The summed E-state index contributed by atoms with van der Waals surface area (Å²) >= 11 is 0. The highest BCUT2D eigenvalue weighted by Gasteiger charge is 2.26. The van der Waals surface area contributed by atoms with Gasteiger partial charge >= 0.3 is 0 Å². The Morgan fingerprint density at radius 3 is 2.41 bits per heavy atom. The Morgan fingerprint density at radius 1 is 0.966 bits per heavy atom. The second-order valence-electron chi connectivity index (χ2n) is 8.68. The fourth-order valence-electron chi connectivity index (χ4n) is 4.83. The van der Waals surface area contributed by atoms with Crippen LogP contribution in [0.15, 0.2) is 41.2 Å². The number of rotatable bonds is 5. The summed E-state index contributed by atoms with van der Waals surface area (Å²) in [5.41, 5.74) is 2.88. The monoisotopic (exact) mass is 395 g/mol. The molecule has 2 aliphatic heterocycles. The highest BCUT2D eigenvalue weighted by atomic mass is 16.3. The average Bonchev–Trinajstić information content (AvgIpc) is 3.06. The molecule has 0 spiro atoms. The normalized spacial score (nSPS) is 21.3. The molecule has 1 unspecified atom stereocenters. The van der Waals surface area contributed by atoms with Crippen LogP contribution in [0.4, 0.5) is 0 Å². The minimum absolute atomic E-state index is 0.0877. The molecule has 5 nitrogen and oxygen atoms in total. The third kappa shape index (κ3) is 4.73. The summed E-state index contributed by atoms with van der Waals surface area (Å²) in [6.07, 6.45) is 6.18. The Balaban J connectivity index is 1.49. The summed E-state index contributed by atoms with van der Waals surface area (Å²) in [4.78, 5) is 17.3. The SMILES string of the molecule is Cn1c(CN2CCCCCC2)cc(=O)c(O)c1CN1CCC(c2ccccc2)C1. The Bertz CT molecular complexity index is 870. The molecule has 1 atom stereocenters. The smallest absolute Gasteiger partial charge is 0.223 e. The predicted octanol–water partition coefficient (Wildman–Crippen LogP) is 3.46. The third-order valence-electron chi connectivity index (χ3n) is 6.64. The Labute approximate surface area is 173 Å². The van der Waals surface area contributed by atoms with Crippen LogP contribution in [0, 0.1) is 0 Å². The van der Waals surface area contributed by atoms with E-state index in [2.05, 4.69) is 44.7 Å². The summed E-state index contributed by atoms with van der Waals surface area (Å²) in [5, 5.41) is 10.5. The lowest BCUT2D eigenvalue weighted by molar-refractivity contribution is 0.265. The molecule has 2 aliphatic rings. The van der Waals surface area contributed by atoms with Crippen LogP contribution in [-0.4, -0.2) is 45.7 Å². The molecule has 1 aromatic heterocycles. The van der Waals surface area contributed by atoms with Gasteiger partial charge < -0.3 is 9.67 Å². The van der Waals surface area contributed by atoms with Crippen LogP contribution in [0.3, 0.4) is 0 Å². The molecule has 156 valence electrons. The number of hydrogen-bond donors (Lipinski definition) is 1. The van der Waals surface area contributed by atoms with Crippen molar-refractivity contribution < 1.29 is 5.11 Å². The molecule has 2 saturated heterocycles. The minimum atomic E-state index is -0.248. The van der Waals surface area contributed by atoms with Crippen LogP contribution < -0.4 is 5.43 Å². The highest BCUT2D eigenvalue weighted by molar-refractivity contribution is 5.30. The molecule has 4 rings (SSSR count). The van der Waals surface area contributed by atoms with Gasteiger partial charge in [-0.2, -0.15) is 0 Å². The van der Waals surface area contributed by atoms with E-state index in [1.807, 2.05) is 7.05 Å². The number of likely N-dealkylation sites (tertiary alicyclic amines) is 2. The second kappa shape index (κ2) is 9.14. The summed E-state index contributed by atoms with van der Waals surface area (Å²) in [7, 11) is 1.99. The summed E-state index contributed by atoms with van der Waals surface area (Å²) < 4.78 is 2.05. The standard InChI is InChI=1S/C24H33N3O2/c1-25-21(17-26-12-7-2-3-8-13-26)15-23(28)24(29)22(25)18-27-14-11-20(16-27)19-9-5-4-6-10-19/h4-6,9-10,15,20,29H,2-3,7-8,11-14,16-18H2,1H3. The molecular weight excluding hydrogens is 362 g/mol. The van der Waals surface area contributed by atoms with E-state index in [1.165, 1.54) is 31.2 Å². The van der Waals surface area contributed by atoms with Gasteiger partial charge in [0.1, 0.15) is 0 Å². The van der Waals surface area contributed by atoms with Gasteiger partial charge in [-0.3, -0.25) is 14.6 Å². The maximum atomic E-state index is 12.5. The molecule has 5 heteroatoms. The first kappa shape index (κ1) is 20.2. The van der Waals surface area contributed by atoms with Crippen LogP contribution in [0.1, 0.15) is 55.0 Å². The van der Waals surface area contributed by atoms with E-state index in [1.54, 1.807) is 6.07 Å². The van der Waals surface area contributed by atoms with Gasteiger partial charge in [0.2, 0.25) is 5.43 Å². The molecule has 0 amide bonds.